The number of hydrogen-bond donors (Lipinski definition) is 2. The minimum Gasteiger partial charge on any atom is -0.495 e. The molecule has 0 spiro atoms. The number of aromatic amines is 1. The first-order valence-electron chi connectivity index (χ1n) is 6.73. The van der Waals surface area contributed by atoms with Crippen LogP contribution in [0.3, 0.4) is 0 Å². The third kappa shape index (κ3) is 2.25. The van der Waals surface area contributed by atoms with Gasteiger partial charge in [0.05, 0.1) is 5.69 Å². The molecule has 0 saturated heterocycles. The number of aromatic hydroxyl groups is 1. The molecule has 0 fully saturated rings. The summed E-state index contributed by atoms with van der Waals surface area (Å²) in [5.74, 6) is -0.101. The van der Waals surface area contributed by atoms with Gasteiger partial charge in [0.1, 0.15) is 10.8 Å². The van der Waals surface area contributed by atoms with Crippen LogP contribution in [-0.2, 0) is 0 Å². The minimum atomic E-state index is -0.252. The topological polar surface area (TPSA) is 48.9 Å². The van der Waals surface area contributed by atoms with Crippen molar-refractivity contribution in [3.63, 3.8) is 0 Å². The summed E-state index contributed by atoms with van der Waals surface area (Å²) in [7, 11) is 0. The highest BCUT2D eigenvalue weighted by Gasteiger charge is 2.08. The summed E-state index contributed by atoms with van der Waals surface area (Å²) in [6, 6.07) is 13.9. The van der Waals surface area contributed by atoms with E-state index in [1.165, 1.54) is 23.5 Å². The summed E-state index contributed by atoms with van der Waals surface area (Å²) in [5, 5.41) is 13.3. The van der Waals surface area contributed by atoms with E-state index in [2.05, 4.69) is 9.97 Å². The van der Waals surface area contributed by atoms with E-state index < -0.39 is 0 Å². The number of thiazole rings is 1. The fraction of sp³-hybridized carbons (Fsp3) is 0. The summed E-state index contributed by atoms with van der Waals surface area (Å²) in [5.41, 5.74) is 3.64. The number of benzene rings is 2. The summed E-state index contributed by atoms with van der Waals surface area (Å²) < 4.78 is 13.0. The van der Waals surface area contributed by atoms with E-state index in [1.807, 2.05) is 23.6 Å². The maximum atomic E-state index is 13.0. The standard InChI is InChI=1S/C17H11FN2OS/c18-13-4-1-10(2-5-13)17-20-15(9-22-17)11-3-6-14-12(7-11)8-16(21)19-14/h1-9,19,21H. The molecule has 0 aliphatic rings. The molecular weight excluding hydrogens is 299 g/mol. The number of H-pyrrole nitrogens is 1. The van der Waals surface area contributed by atoms with E-state index in [0.717, 1.165) is 32.7 Å². The molecular formula is C17H11FN2OS. The van der Waals surface area contributed by atoms with Crippen molar-refractivity contribution in [1.82, 2.24) is 9.97 Å². The molecule has 3 nitrogen and oxygen atoms in total. The molecule has 0 aliphatic heterocycles. The lowest BCUT2D eigenvalue weighted by molar-refractivity contribution is 0.458. The van der Waals surface area contributed by atoms with E-state index in [-0.39, 0.29) is 11.7 Å². The Morgan fingerprint density at radius 3 is 2.59 bits per heavy atom. The zero-order valence-electron chi connectivity index (χ0n) is 11.4. The Bertz CT molecular complexity index is 956. The van der Waals surface area contributed by atoms with Gasteiger partial charge in [-0.15, -0.1) is 11.3 Å². The van der Waals surface area contributed by atoms with Crippen LogP contribution in [0.4, 0.5) is 4.39 Å². The lowest BCUT2D eigenvalue weighted by Gasteiger charge is -1.98. The van der Waals surface area contributed by atoms with Gasteiger partial charge in [-0.2, -0.15) is 0 Å². The first kappa shape index (κ1) is 13.0. The number of aromatic nitrogens is 2. The zero-order chi connectivity index (χ0) is 15.1. The first-order valence-corrected chi connectivity index (χ1v) is 7.60. The zero-order valence-corrected chi connectivity index (χ0v) is 12.2. The Balaban J connectivity index is 1.74. The number of halogens is 1. The van der Waals surface area contributed by atoms with E-state index in [9.17, 15) is 9.50 Å². The van der Waals surface area contributed by atoms with Crippen LogP contribution < -0.4 is 0 Å². The van der Waals surface area contributed by atoms with E-state index in [4.69, 9.17) is 0 Å². The highest BCUT2D eigenvalue weighted by Crippen LogP contribution is 2.31. The number of hydrogen-bond acceptors (Lipinski definition) is 3. The SMILES string of the molecule is Oc1cc2cc(-c3csc(-c4ccc(F)cc4)n3)ccc2[nH]1. The van der Waals surface area contributed by atoms with Crippen LogP contribution in [0, 0.1) is 5.82 Å². The van der Waals surface area contributed by atoms with Gasteiger partial charge in [-0.05, 0) is 36.4 Å². The maximum absolute atomic E-state index is 13.0. The van der Waals surface area contributed by atoms with Crippen LogP contribution in [0.2, 0.25) is 0 Å². The van der Waals surface area contributed by atoms with Crippen molar-refractivity contribution in [2.24, 2.45) is 0 Å². The van der Waals surface area contributed by atoms with Gasteiger partial charge >= 0.3 is 0 Å². The molecule has 0 unspecified atom stereocenters. The first-order chi connectivity index (χ1) is 10.7. The Hall–Kier alpha value is -2.66. The maximum Gasteiger partial charge on any atom is 0.189 e. The Morgan fingerprint density at radius 1 is 1.00 bits per heavy atom. The van der Waals surface area contributed by atoms with Crippen LogP contribution in [0.5, 0.6) is 5.88 Å². The highest BCUT2D eigenvalue weighted by atomic mass is 32.1. The minimum absolute atomic E-state index is 0.150. The third-order valence-electron chi connectivity index (χ3n) is 3.50. The molecule has 0 bridgehead atoms. The van der Waals surface area contributed by atoms with Gasteiger partial charge in [-0.3, -0.25) is 0 Å². The number of nitrogens with one attached hydrogen (secondary N) is 1. The molecule has 2 aromatic carbocycles. The van der Waals surface area contributed by atoms with Crippen LogP contribution in [0.15, 0.2) is 53.9 Å². The fourth-order valence-corrected chi connectivity index (χ4v) is 3.24. The van der Waals surface area contributed by atoms with Crippen molar-refractivity contribution >= 4 is 22.2 Å². The van der Waals surface area contributed by atoms with Gasteiger partial charge in [0.15, 0.2) is 5.88 Å². The lowest BCUT2D eigenvalue weighted by Crippen LogP contribution is -1.80. The fourth-order valence-electron chi connectivity index (χ4n) is 2.41. The second kappa shape index (κ2) is 4.96. The molecule has 0 saturated carbocycles. The smallest absolute Gasteiger partial charge is 0.189 e. The van der Waals surface area contributed by atoms with Gasteiger partial charge < -0.3 is 10.1 Å². The molecule has 5 heteroatoms. The van der Waals surface area contributed by atoms with E-state index >= 15 is 0 Å². The Kier molecular flexibility index (Phi) is 2.94. The van der Waals surface area contributed by atoms with E-state index in [1.54, 1.807) is 18.2 Å². The molecule has 2 N–H and O–H groups in total. The van der Waals surface area contributed by atoms with Gasteiger partial charge in [0.2, 0.25) is 0 Å². The summed E-state index contributed by atoms with van der Waals surface area (Å²) >= 11 is 1.52. The summed E-state index contributed by atoms with van der Waals surface area (Å²) in [4.78, 5) is 7.49. The molecule has 108 valence electrons. The molecule has 4 aromatic rings. The molecule has 2 aromatic heterocycles. The predicted octanol–water partition coefficient (Wildman–Crippen LogP) is 4.80. The lowest BCUT2D eigenvalue weighted by atomic mass is 10.1. The third-order valence-corrected chi connectivity index (χ3v) is 4.39. The summed E-state index contributed by atoms with van der Waals surface area (Å²) in [6.45, 7) is 0. The quantitative estimate of drug-likeness (QED) is 0.558. The molecule has 2 heterocycles. The van der Waals surface area contributed by atoms with Crippen LogP contribution >= 0.6 is 11.3 Å². The molecule has 0 amide bonds. The van der Waals surface area contributed by atoms with Crippen molar-refractivity contribution in [2.75, 3.05) is 0 Å². The normalized spacial score (nSPS) is 11.1. The average molecular weight is 310 g/mol. The van der Waals surface area contributed by atoms with Gasteiger partial charge in [0, 0.05) is 33.5 Å². The second-order valence-electron chi connectivity index (χ2n) is 5.00. The van der Waals surface area contributed by atoms with Gasteiger partial charge in [0.25, 0.3) is 0 Å². The van der Waals surface area contributed by atoms with Crippen LogP contribution in [0.1, 0.15) is 0 Å². The molecule has 4 rings (SSSR count). The van der Waals surface area contributed by atoms with Crippen molar-refractivity contribution in [2.45, 2.75) is 0 Å². The predicted molar refractivity (Wildman–Crippen MR) is 86.5 cm³/mol. The largest absolute Gasteiger partial charge is 0.495 e. The van der Waals surface area contributed by atoms with Crippen molar-refractivity contribution in [1.29, 1.82) is 0 Å². The molecule has 22 heavy (non-hydrogen) atoms. The number of nitrogens with zero attached hydrogens (tertiary/aromatic N) is 1. The Labute approximate surface area is 129 Å². The molecule has 0 radical (unpaired) electrons. The highest BCUT2D eigenvalue weighted by molar-refractivity contribution is 7.13. The van der Waals surface area contributed by atoms with Crippen molar-refractivity contribution < 1.29 is 9.50 Å². The van der Waals surface area contributed by atoms with Crippen LogP contribution in [-0.4, -0.2) is 15.1 Å². The van der Waals surface area contributed by atoms with Gasteiger partial charge in [-0.1, -0.05) is 6.07 Å². The molecule has 0 atom stereocenters. The van der Waals surface area contributed by atoms with E-state index in [0.29, 0.717) is 0 Å². The second-order valence-corrected chi connectivity index (χ2v) is 5.86. The van der Waals surface area contributed by atoms with Crippen LogP contribution in [0.25, 0.3) is 32.7 Å². The van der Waals surface area contributed by atoms with Gasteiger partial charge in [-0.25, -0.2) is 9.37 Å². The average Bonchev–Trinajstić information content (AvgIpc) is 3.12. The van der Waals surface area contributed by atoms with Crippen molar-refractivity contribution in [3.8, 4) is 27.7 Å². The number of rotatable bonds is 2. The number of fused-ring (bicyclic) bond motifs is 1. The monoisotopic (exact) mass is 310 g/mol. The van der Waals surface area contributed by atoms with Crippen molar-refractivity contribution in [3.05, 3.63) is 59.7 Å². The molecule has 0 aliphatic carbocycles. The Morgan fingerprint density at radius 2 is 1.77 bits per heavy atom. The summed E-state index contributed by atoms with van der Waals surface area (Å²) in [6.07, 6.45) is 0.